The first-order chi connectivity index (χ1) is 13.7. The average molecular weight is 498 g/mol. The average Bonchev–Trinajstić information content (AvgIpc) is 3.18. The van der Waals surface area contributed by atoms with Crippen LogP contribution in [0.3, 0.4) is 0 Å². The SMILES string of the molecule is Cc1cc(S(=O)(=O)Cl)ccc1Nc1ncc2cc(Br)c(=O)n(C3CCCC3)c2n1. The summed E-state index contributed by atoms with van der Waals surface area (Å²) in [5.41, 5.74) is 1.82. The lowest BCUT2D eigenvalue weighted by atomic mass is 10.2. The molecular weight excluding hydrogens is 480 g/mol. The normalized spacial score (nSPS) is 15.1. The van der Waals surface area contributed by atoms with E-state index in [1.165, 1.54) is 12.1 Å². The van der Waals surface area contributed by atoms with Crippen molar-refractivity contribution in [2.24, 2.45) is 0 Å². The van der Waals surface area contributed by atoms with Gasteiger partial charge in [-0.05, 0) is 65.5 Å². The summed E-state index contributed by atoms with van der Waals surface area (Å²) in [5, 5.41) is 3.88. The quantitative estimate of drug-likeness (QED) is 0.527. The molecule has 2 aromatic heterocycles. The monoisotopic (exact) mass is 496 g/mol. The lowest BCUT2D eigenvalue weighted by Crippen LogP contribution is -2.25. The maximum atomic E-state index is 12.8. The maximum Gasteiger partial charge on any atom is 0.266 e. The zero-order valence-corrected chi connectivity index (χ0v) is 18.7. The predicted octanol–water partition coefficient (Wildman–Crippen LogP) is 4.65. The second kappa shape index (κ2) is 7.70. The van der Waals surface area contributed by atoms with Crippen LogP contribution in [0.15, 0.2) is 44.6 Å². The van der Waals surface area contributed by atoms with Crippen LogP contribution in [-0.2, 0) is 9.05 Å². The highest BCUT2D eigenvalue weighted by atomic mass is 79.9. The molecule has 0 saturated heterocycles. The summed E-state index contributed by atoms with van der Waals surface area (Å²) in [6, 6.07) is 6.38. The van der Waals surface area contributed by atoms with Crippen LogP contribution < -0.4 is 10.9 Å². The van der Waals surface area contributed by atoms with E-state index >= 15 is 0 Å². The van der Waals surface area contributed by atoms with Crippen molar-refractivity contribution in [2.45, 2.75) is 43.5 Å². The molecule has 0 amide bonds. The summed E-state index contributed by atoms with van der Waals surface area (Å²) in [7, 11) is 1.61. The maximum absolute atomic E-state index is 12.8. The van der Waals surface area contributed by atoms with Gasteiger partial charge in [0.15, 0.2) is 0 Å². The molecule has 1 aromatic carbocycles. The van der Waals surface area contributed by atoms with Crippen LogP contribution in [-0.4, -0.2) is 23.0 Å². The molecular formula is C19H18BrClN4O3S. The molecule has 7 nitrogen and oxygen atoms in total. The van der Waals surface area contributed by atoms with Crippen molar-refractivity contribution in [3.8, 4) is 0 Å². The number of fused-ring (bicyclic) bond motifs is 1. The minimum absolute atomic E-state index is 0.0292. The van der Waals surface area contributed by atoms with Crippen molar-refractivity contribution in [2.75, 3.05) is 5.32 Å². The third-order valence-corrected chi connectivity index (χ3v) is 7.06. The van der Waals surface area contributed by atoms with Gasteiger partial charge in [-0.2, -0.15) is 4.98 Å². The van der Waals surface area contributed by atoms with E-state index in [4.69, 9.17) is 10.7 Å². The summed E-state index contributed by atoms with van der Waals surface area (Å²) in [6.07, 6.45) is 5.76. The number of hydrogen-bond acceptors (Lipinski definition) is 6. The molecule has 0 spiro atoms. The van der Waals surface area contributed by atoms with Gasteiger partial charge in [0, 0.05) is 34.0 Å². The molecule has 1 N–H and O–H groups in total. The van der Waals surface area contributed by atoms with E-state index in [9.17, 15) is 13.2 Å². The first kappa shape index (κ1) is 20.3. The summed E-state index contributed by atoms with van der Waals surface area (Å²) < 4.78 is 25.3. The van der Waals surface area contributed by atoms with E-state index in [-0.39, 0.29) is 16.5 Å². The molecule has 1 fully saturated rings. The molecule has 0 aliphatic heterocycles. The van der Waals surface area contributed by atoms with Crippen LogP contribution in [0.25, 0.3) is 11.0 Å². The molecule has 0 bridgehead atoms. The Morgan fingerprint density at radius 1 is 1.24 bits per heavy atom. The number of aromatic nitrogens is 3. The highest BCUT2D eigenvalue weighted by molar-refractivity contribution is 9.10. The number of pyridine rings is 1. The van der Waals surface area contributed by atoms with Gasteiger partial charge in [0.2, 0.25) is 5.95 Å². The number of benzene rings is 1. The van der Waals surface area contributed by atoms with E-state index < -0.39 is 9.05 Å². The van der Waals surface area contributed by atoms with Crippen molar-refractivity contribution in [1.82, 2.24) is 14.5 Å². The molecule has 29 heavy (non-hydrogen) atoms. The molecule has 1 saturated carbocycles. The van der Waals surface area contributed by atoms with Crippen LogP contribution in [0.4, 0.5) is 11.6 Å². The fourth-order valence-electron chi connectivity index (χ4n) is 3.70. The molecule has 0 unspecified atom stereocenters. The minimum Gasteiger partial charge on any atom is -0.324 e. The van der Waals surface area contributed by atoms with Gasteiger partial charge in [0.1, 0.15) is 5.65 Å². The molecule has 3 aromatic rings. The molecule has 152 valence electrons. The zero-order chi connectivity index (χ0) is 20.8. The van der Waals surface area contributed by atoms with Crippen molar-refractivity contribution in [3.63, 3.8) is 0 Å². The van der Waals surface area contributed by atoms with Crippen LogP contribution >= 0.6 is 26.6 Å². The van der Waals surface area contributed by atoms with Crippen molar-refractivity contribution >= 4 is 58.3 Å². The Balaban J connectivity index is 1.77. The van der Waals surface area contributed by atoms with Gasteiger partial charge in [-0.25, -0.2) is 13.4 Å². The summed E-state index contributed by atoms with van der Waals surface area (Å²) in [6.45, 7) is 1.76. The molecule has 4 rings (SSSR count). The third-order valence-electron chi connectivity index (χ3n) is 5.15. The molecule has 2 heterocycles. The van der Waals surface area contributed by atoms with Crippen LogP contribution in [0.2, 0.25) is 0 Å². The topological polar surface area (TPSA) is 94.0 Å². The molecule has 0 radical (unpaired) electrons. The predicted molar refractivity (Wildman–Crippen MR) is 117 cm³/mol. The summed E-state index contributed by atoms with van der Waals surface area (Å²) in [5.74, 6) is 0.329. The fraction of sp³-hybridized carbons (Fsp3) is 0.316. The lowest BCUT2D eigenvalue weighted by Gasteiger charge is -2.17. The van der Waals surface area contributed by atoms with Gasteiger partial charge in [-0.1, -0.05) is 12.8 Å². The first-order valence-electron chi connectivity index (χ1n) is 9.14. The number of rotatable bonds is 4. The number of halogens is 2. The highest BCUT2D eigenvalue weighted by Gasteiger charge is 2.22. The number of anilines is 2. The van der Waals surface area contributed by atoms with Crippen LogP contribution in [0, 0.1) is 6.92 Å². The second-order valence-electron chi connectivity index (χ2n) is 7.12. The minimum atomic E-state index is -3.80. The van der Waals surface area contributed by atoms with Gasteiger partial charge in [0.05, 0.1) is 9.37 Å². The Labute approximate surface area is 180 Å². The largest absolute Gasteiger partial charge is 0.324 e. The van der Waals surface area contributed by atoms with E-state index in [1.807, 2.05) is 0 Å². The number of aryl methyl sites for hydroxylation is 1. The smallest absolute Gasteiger partial charge is 0.266 e. The Bertz CT molecular complexity index is 1270. The third kappa shape index (κ3) is 4.04. The molecule has 10 heteroatoms. The standard InChI is InChI=1S/C19H18BrClN4O3S/c1-11-8-14(29(21,27)28)6-7-16(11)23-19-22-10-12-9-15(20)18(26)25(17(12)24-19)13-4-2-3-5-13/h6-10,13H,2-5H2,1H3,(H,22,23,24). The Kier molecular flexibility index (Phi) is 5.39. The van der Waals surface area contributed by atoms with E-state index in [1.54, 1.807) is 29.8 Å². The van der Waals surface area contributed by atoms with Gasteiger partial charge < -0.3 is 5.32 Å². The Morgan fingerprint density at radius 3 is 2.62 bits per heavy atom. The summed E-state index contributed by atoms with van der Waals surface area (Å²) >= 11 is 3.35. The van der Waals surface area contributed by atoms with Gasteiger partial charge in [-0.15, -0.1) is 0 Å². The van der Waals surface area contributed by atoms with Crippen molar-refractivity contribution < 1.29 is 8.42 Å². The van der Waals surface area contributed by atoms with Crippen molar-refractivity contribution in [3.05, 3.63) is 50.9 Å². The van der Waals surface area contributed by atoms with E-state index in [0.717, 1.165) is 31.1 Å². The van der Waals surface area contributed by atoms with Crippen LogP contribution in [0.1, 0.15) is 37.3 Å². The molecule has 1 aliphatic carbocycles. The lowest BCUT2D eigenvalue weighted by molar-refractivity contribution is 0.514. The van der Waals surface area contributed by atoms with Gasteiger partial charge in [0.25, 0.3) is 14.6 Å². The number of nitrogens with one attached hydrogen (secondary N) is 1. The Morgan fingerprint density at radius 2 is 1.97 bits per heavy atom. The summed E-state index contributed by atoms with van der Waals surface area (Å²) in [4.78, 5) is 21.8. The van der Waals surface area contributed by atoms with Crippen LogP contribution in [0.5, 0.6) is 0 Å². The van der Waals surface area contributed by atoms with E-state index in [2.05, 4.69) is 31.2 Å². The number of nitrogens with zero attached hydrogens (tertiary/aromatic N) is 3. The fourth-order valence-corrected chi connectivity index (χ4v) is 4.97. The van der Waals surface area contributed by atoms with E-state index in [0.29, 0.717) is 27.3 Å². The highest BCUT2D eigenvalue weighted by Crippen LogP contribution is 2.31. The number of hydrogen-bond donors (Lipinski definition) is 1. The Hall–Kier alpha value is -1.97. The van der Waals surface area contributed by atoms with Crippen molar-refractivity contribution in [1.29, 1.82) is 0 Å². The second-order valence-corrected chi connectivity index (χ2v) is 10.5. The van der Waals surface area contributed by atoms with Gasteiger partial charge >= 0.3 is 0 Å². The molecule has 0 atom stereocenters. The van der Waals surface area contributed by atoms with Gasteiger partial charge in [-0.3, -0.25) is 9.36 Å². The zero-order valence-electron chi connectivity index (χ0n) is 15.5. The molecule has 1 aliphatic rings. The first-order valence-corrected chi connectivity index (χ1v) is 12.2.